The van der Waals surface area contributed by atoms with Crippen molar-refractivity contribution < 1.29 is 27.9 Å². The summed E-state index contributed by atoms with van der Waals surface area (Å²) in [6.45, 7) is -0.235. The van der Waals surface area contributed by atoms with Crippen molar-refractivity contribution in [1.82, 2.24) is 5.32 Å². The highest BCUT2D eigenvalue weighted by atomic mass is 32.2. The van der Waals surface area contributed by atoms with Crippen LogP contribution in [0.25, 0.3) is 0 Å². The zero-order valence-corrected chi connectivity index (χ0v) is 13.3. The number of nitrogens with one attached hydrogen (secondary N) is 1. The van der Waals surface area contributed by atoms with Crippen LogP contribution >= 0.6 is 0 Å². The third-order valence-corrected chi connectivity index (χ3v) is 5.31. The molecule has 1 aromatic carbocycles. The van der Waals surface area contributed by atoms with E-state index in [1.54, 1.807) is 24.3 Å². The van der Waals surface area contributed by atoms with Crippen LogP contribution in [0.2, 0.25) is 0 Å². The van der Waals surface area contributed by atoms with Crippen molar-refractivity contribution in [3.05, 3.63) is 29.8 Å². The van der Waals surface area contributed by atoms with Gasteiger partial charge in [-0.15, -0.1) is 0 Å². The predicted octanol–water partition coefficient (Wildman–Crippen LogP) is 0.386. The number of benzene rings is 1. The first-order valence-corrected chi connectivity index (χ1v) is 9.10. The lowest BCUT2D eigenvalue weighted by atomic mass is 10.1. The van der Waals surface area contributed by atoms with Crippen molar-refractivity contribution in [2.75, 3.05) is 18.1 Å². The fourth-order valence-corrected chi connectivity index (χ4v) is 4.09. The topological polar surface area (TPSA) is 110 Å². The van der Waals surface area contributed by atoms with Crippen molar-refractivity contribution >= 4 is 21.7 Å². The van der Waals surface area contributed by atoms with Crippen LogP contribution in [-0.4, -0.2) is 49.6 Å². The Kier molecular flexibility index (Phi) is 5.59. The van der Waals surface area contributed by atoms with E-state index in [0.29, 0.717) is 24.2 Å². The molecule has 0 unspecified atom stereocenters. The molecule has 1 aliphatic heterocycles. The molecule has 0 spiro atoms. The molecule has 1 amide bonds. The Morgan fingerprint density at radius 1 is 1.30 bits per heavy atom. The molecule has 0 radical (unpaired) electrons. The first-order valence-electron chi connectivity index (χ1n) is 7.28. The molecular formula is C15H19NO6S. The minimum atomic E-state index is -3.04. The molecule has 1 aromatic rings. The number of hydrogen-bond donors (Lipinski definition) is 2. The average Bonchev–Trinajstić information content (AvgIpc) is 2.82. The van der Waals surface area contributed by atoms with Gasteiger partial charge >= 0.3 is 5.97 Å². The number of carbonyl (C=O) groups is 2. The van der Waals surface area contributed by atoms with Crippen LogP contribution in [0.4, 0.5) is 0 Å². The average molecular weight is 341 g/mol. The van der Waals surface area contributed by atoms with Crippen LogP contribution in [0.5, 0.6) is 5.75 Å². The molecule has 0 aliphatic carbocycles. The van der Waals surface area contributed by atoms with E-state index in [0.717, 1.165) is 0 Å². The summed E-state index contributed by atoms with van der Waals surface area (Å²) in [5.41, 5.74) is 0.714. The van der Waals surface area contributed by atoms with Gasteiger partial charge in [0.25, 0.3) is 5.91 Å². The molecule has 1 heterocycles. The van der Waals surface area contributed by atoms with Gasteiger partial charge in [-0.2, -0.15) is 0 Å². The van der Waals surface area contributed by atoms with E-state index in [4.69, 9.17) is 9.84 Å². The number of carbonyl (C=O) groups excluding carboxylic acids is 1. The number of hydrogen-bond acceptors (Lipinski definition) is 5. The van der Waals surface area contributed by atoms with Crippen molar-refractivity contribution in [3.8, 4) is 5.75 Å². The Bertz CT molecular complexity index is 685. The molecule has 1 fully saturated rings. The van der Waals surface area contributed by atoms with Gasteiger partial charge in [0.2, 0.25) is 0 Å². The van der Waals surface area contributed by atoms with Crippen molar-refractivity contribution in [1.29, 1.82) is 0 Å². The van der Waals surface area contributed by atoms with E-state index in [-0.39, 0.29) is 36.5 Å². The van der Waals surface area contributed by atoms with E-state index in [1.165, 1.54) is 0 Å². The highest BCUT2D eigenvalue weighted by molar-refractivity contribution is 7.91. The van der Waals surface area contributed by atoms with Crippen molar-refractivity contribution in [2.45, 2.75) is 25.3 Å². The Labute approximate surface area is 134 Å². The maximum absolute atomic E-state index is 11.8. The molecule has 0 bridgehead atoms. The van der Waals surface area contributed by atoms with Crippen molar-refractivity contribution in [3.63, 3.8) is 0 Å². The van der Waals surface area contributed by atoms with Gasteiger partial charge in [0.05, 0.1) is 11.5 Å². The maximum atomic E-state index is 11.8. The first-order chi connectivity index (χ1) is 10.9. The normalized spacial score (nSPS) is 19.2. The lowest BCUT2D eigenvalue weighted by Gasteiger charge is -2.13. The van der Waals surface area contributed by atoms with E-state index in [2.05, 4.69) is 5.32 Å². The zero-order valence-electron chi connectivity index (χ0n) is 12.5. The SMILES string of the molecule is O=C(O)CCc1ccccc1OCC(=O)N[C@H]1CCS(=O)(=O)C1. The molecular weight excluding hydrogens is 322 g/mol. The second kappa shape index (κ2) is 7.45. The summed E-state index contributed by atoms with van der Waals surface area (Å²) >= 11 is 0. The standard InChI is InChI=1S/C15H19NO6S/c17-14(16-12-7-8-23(20,21)10-12)9-22-13-4-2-1-3-11(13)5-6-15(18)19/h1-4,12H,5-10H2,(H,16,17)(H,18,19)/t12-/m0/s1. The molecule has 7 nitrogen and oxygen atoms in total. The Morgan fingerprint density at radius 2 is 2.04 bits per heavy atom. The second-order valence-corrected chi connectivity index (χ2v) is 7.69. The second-order valence-electron chi connectivity index (χ2n) is 5.46. The lowest BCUT2D eigenvalue weighted by Crippen LogP contribution is -2.38. The van der Waals surface area contributed by atoms with E-state index in [9.17, 15) is 18.0 Å². The fourth-order valence-electron chi connectivity index (χ4n) is 2.41. The molecule has 1 saturated heterocycles. The van der Waals surface area contributed by atoms with Crippen LogP contribution in [0.15, 0.2) is 24.3 Å². The Morgan fingerprint density at radius 3 is 2.70 bits per heavy atom. The molecule has 2 N–H and O–H groups in total. The number of rotatable bonds is 7. The Hall–Kier alpha value is -2.09. The van der Waals surface area contributed by atoms with Gasteiger partial charge in [0, 0.05) is 12.5 Å². The van der Waals surface area contributed by atoms with Gasteiger partial charge in [0.1, 0.15) is 5.75 Å². The predicted molar refractivity (Wildman–Crippen MR) is 83.1 cm³/mol. The minimum absolute atomic E-state index is 0.0213. The highest BCUT2D eigenvalue weighted by Gasteiger charge is 2.28. The van der Waals surface area contributed by atoms with Gasteiger partial charge in [-0.3, -0.25) is 9.59 Å². The quantitative estimate of drug-likeness (QED) is 0.742. The van der Waals surface area contributed by atoms with Gasteiger partial charge in [-0.05, 0) is 24.5 Å². The largest absolute Gasteiger partial charge is 0.483 e. The summed E-state index contributed by atoms with van der Waals surface area (Å²) in [6, 6.07) is 6.57. The van der Waals surface area contributed by atoms with Gasteiger partial charge in [0.15, 0.2) is 16.4 Å². The molecule has 0 saturated carbocycles. The first kappa shape index (κ1) is 17.3. The summed E-state index contributed by atoms with van der Waals surface area (Å²) < 4.78 is 28.1. The zero-order chi connectivity index (χ0) is 16.9. The number of aryl methyl sites for hydroxylation is 1. The number of aliphatic carboxylic acids is 1. The number of para-hydroxylation sites is 1. The number of sulfone groups is 1. The van der Waals surface area contributed by atoms with Crippen LogP contribution in [0.1, 0.15) is 18.4 Å². The van der Waals surface area contributed by atoms with Crippen LogP contribution < -0.4 is 10.1 Å². The number of carboxylic acid groups (broad SMARTS) is 1. The summed E-state index contributed by atoms with van der Waals surface area (Å²) in [6.07, 6.45) is 0.712. The van der Waals surface area contributed by atoms with E-state index in [1.807, 2.05) is 0 Å². The maximum Gasteiger partial charge on any atom is 0.303 e. The van der Waals surface area contributed by atoms with Gasteiger partial charge in [-0.25, -0.2) is 8.42 Å². The number of ether oxygens (including phenoxy) is 1. The number of carboxylic acids is 1. The number of amides is 1. The van der Waals surface area contributed by atoms with Gasteiger partial charge < -0.3 is 15.2 Å². The molecule has 1 atom stereocenters. The minimum Gasteiger partial charge on any atom is -0.483 e. The summed E-state index contributed by atoms with van der Waals surface area (Å²) in [4.78, 5) is 22.5. The summed E-state index contributed by atoms with van der Waals surface area (Å²) in [5, 5.41) is 11.4. The third-order valence-electron chi connectivity index (χ3n) is 3.54. The molecule has 2 rings (SSSR count). The molecule has 126 valence electrons. The van der Waals surface area contributed by atoms with Crippen LogP contribution in [0, 0.1) is 0 Å². The Balaban J connectivity index is 1.85. The smallest absolute Gasteiger partial charge is 0.303 e. The molecule has 8 heteroatoms. The molecule has 0 aromatic heterocycles. The molecule has 23 heavy (non-hydrogen) atoms. The lowest BCUT2D eigenvalue weighted by molar-refractivity contribution is -0.137. The fraction of sp³-hybridized carbons (Fsp3) is 0.467. The van der Waals surface area contributed by atoms with Crippen molar-refractivity contribution in [2.24, 2.45) is 0 Å². The monoisotopic (exact) mass is 341 g/mol. The molecule has 1 aliphatic rings. The van der Waals surface area contributed by atoms with Crippen LogP contribution in [-0.2, 0) is 25.8 Å². The third kappa shape index (κ3) is 5.55. The highest BCUT2D eigenvalue weighted by Crippen LogP contribution is 2.19. The van der Waals surface area contributed by atoms with Crippen LogP contribution in [0.3, 0.4) is 0 Å². The van der Waals surface area contributed by atoms with E-state index < -0.39 is 15.8 Å². The summed E-state index contributed by atoms with van der Waals surface area (Å²) in [7, 11) is -3.04. The van der Waals surface area contributed by atoms with Gasteiger partial charge in [-0.1, -0.05) is 18.2 Å². The van der Waals surface area contributed by atoms with E-state index >= 15 is 0 Å². The summed E-state index contributed by atoms with van der Waals surface area (Å²) in [5.74, 6) is -0.770.